The topological polar surface area (TPSA) is 43.4 Å². The van der Waals surface area contributed by atoms with Gasteiger partial charge in [-0.1, -0.05) is 19.8 Å². The standard InChI is InChI=1S/C9H13O3/c1-3-4-5-6-8-7(2)11-9(10)12-8/h1,3-6H2,2H3. The lowest BCUT2D eigenvalue weighted by atomic mass is 10.1. The molecule has 3 heteroatoms. The van der Waals surface area contributed by atoms with E-state index >= 15 is 0 Å². The fourth-order valence-electron chi connectivity index (χ4n) is 1.06. The van der Waals surface area contributed by atoms with E-state index in [0.29, 0.717) is 11.5 Å². The van der Waals surface area contributed by atoms with Gasteiger partial charge in [0.05, 0.1) is 0 Å². The van der Waals surface area contributed by atoms with Crippen LogP contribution in [0.25, 0.3) is 0 Å². The minimum absolute atomic E-state index is 0.600. The SMILES string of the molecule is [CH2]CCCCc1oc(=O)oc1C. The largest absolute Gasteiger partial charge is 0.519 e. The quantitative estimate of drug-likeness (QED) is 0.648. The highest BCUT2D eigenvalue weighted by atomic mass is 16.6. The molecule has 1 aromatic heterocycles. The minimum atomic E-state index is -0.600. The summed E-state index contributed by atoms with van der Waals surface area (Å²) >= 11 is 0. The smallest absolute Gasteiger partial charge is 0.396 e. The predicted molar refractivity (Wildman–Crippen MR) is 44.9 cm³/mol. The summed E-state index contributed by atoms with van der Waals surface area (Å²) in [7, 11) is 0. The van der Waals surface area contributed by atoms with Crippen LogP contribution >= 0.6 is 0 Å². The van der Waals surface area contributed by atoms with Crippen molar-refractivity contribution in [1.82, 2.24) is 0 Å². The van der Waals surface area contributed by atoms with E-state index in [-0.39, 0.29) is 0 Å². The predicted octanol–water partition coefficient (Wildman–Crippen LogP) is 2.09. The van der Waals surface area contributed by atoms with Gasteiger partial charge < -0.3 is 8.83 Å². The molecule has 0 saturated carbocycles. The molecule has 0 N–H and O–H groups in total. The van der Waals surface area contributed by atoms with Crippen LogP contribution in [-0.2, 0) is 6.42 Å². The summed E-state index contributed by atoms with van der Waals surface area (Å²) in [5, 5.41) is 0. The first-order valence-electron chi connectivity index (χ1n) is 4.12. The first kappa shape index (κ1) is 9.10. The Labute approximate surface area is 71.4 Å². The number of rotatable bonds is 4. The second-order valence-corrected chi connectivity index (χ2v) is 2.74. The van der Waals surface area contributed by atoms with Gasteiger partial charge in [-0.05, 0) is 13.3 Å². The van der Waals surface area contributed by atoms with Gasteiger partial charge in [0.25, 0.3) is 0 Å². The van der Waals surface area contributed by atoms with E-state index in [4.69, 9.17) is 8.83 Å². The highest BCUT2D eigenvalue weighted by Gasteiger charge is 2.06. The van der Waals surface area contributed by atoms with E-state index in [1.807, 2.05) is 0 Å². The lowest BCUT2D eigenvalue weighted by Crippen LogP contribution is -1.87. The van der Waals surface area contributed by atoms with Crippen molar-refractivity contribution in [2.75, 3.05) is 0 Å². The maximum absolute atomic E-state index is 10.6. The Hall–Kier alpha value is -0.990. The highest BCUT2D eigenvalue weighted by molar-refractivity contribution is 5.00. The molecule has 0 aliphatic rings. The molecule has 0 amide bonds. The monoisotopic (exact) mass is 169 g/mol. The summed E-state index contributed by atoms with van der Waals surface area (Å²) in [5.74, 6) is 0.676. The van der Waals surface area contributed by atoms with Gasteiger partial charge in [0.1, 0.15) is 11.5 Å². The first-order chi connectivity index (χ1) is 5.74. The molecule has 0 aromatic carbocycles. The molecule has 3 nitrogen and oxygen atoms in total. The molecule has 0 atom stereocenters. The van der Waals surface area contributed by atoms with E-state index in [2.05, 4.69) is 6.92 Å². The van der Waals surface area contributed by atoms with E-state index in [9.17, 15) is 4.79 Å². The molecule has 12 heavy (non-hydrogen) atoms. The summed E-state index contributed by atoms with van der Waals surface area (Å²) in [5.41, 5.74) is 0. The summed E-state index contributed by atoms with van der Waals surface area (Å²) in [6.07, 6.45) is 3.73. The Kier molecular flexibility index (Phi) is 3.14. The molecular weight excluding hydrogens is 156 g/mol. The molecule has 0 bridgehead atoms. The van der Waals surface area contributed by atoms with Gasteiger partial charge in [0.15, 0.2) is 0 Å². The molecule has 0 fully saturated rings. The summed E-state index contributed by atoms with van der Waals surface area (Å²) in [4.78, 5) is 10.6. The van der Waals surface area contributed by atoms with Gasteiger partial charge in [0.2, 0.25) is 0 Å². The Morgan fingerprint density at radius 1 is 1.33 bits per heavy atom. The van der Waals surface area contributed by atoms with Crippen LogP contribution in [0.15, 0.2) is 13.6 Å². The molecule has 0 aliphatic heterocycles. The van der Waals surface area contributed by atoms with Gasteiger partial charge in [-0.2, -0.15) is 0 Å². The van der Waals surface area contributed by atoms with E-state index in [1.165, 1.54) is 0 Å². The second kappa shape index (κ2) is 4.14. The summed E-state index contributed by atoms with van der Waals surface area (Å²) < 4.78 is 9.53. The lowest BCUT2D eigenvalue weighted by Gasteiger charge is -1.93. The van der Waals surface area contributed by atoms with Gasteiger partial charge >= 0.3 is 5.82 Å². The van der Waals surface area contributed by atoms with Crippen LogP contribution in [0, 0.1) is 13.8 Å². The third kappa shape index (κ3) is 2.26. The Balaban J connectivity index is 2.51. The fourth-order valence-corrected chi connectivity index (χ4v) is 1.06. The first-order valence-corrected chi connectivity index (χ1v) is 4.12. The molecular formula is C9H13O3. The van der Waals surface area contributed by atoms with Crippen LogP contribution < -0.4 is 5.82 Å². The van der Waals surface area contributed by atoms with E-state index in [1.54, 1.807) is 6.92 Å². The van der Waals surface area contributed by atoms with E-state index in [0.717, 1.165) is 25.7 Å². The molecule has 1 rings (SSSR count). The maximum Gasteiger partial charge on any atom is 0.519 e. The molecule has 1 aromatic rings. The zero-order valence-electron chi connectivity index (χ0n) is 7.26. The lowest BCUT2D eigenvalue weighted by molar-refractivity contribution is 0.368. The number of unbranched alkanes of at least 4 members (excludes halogenated alkanes) is 2. The average Bonchev–Trinajstić information content (AvgIpc) is 2.31. The molecule has 0 unspecified atom stereocenters. The molecule has 0 spiro atoms. The third-order valence-corrected chi connectivity index (χ3v) is 1.74. The zero-order chi connectivity index (χ0) is 8.97. The third-order valence-electron chi connectivity index (χ3n) is 1.74. The van der Waals surface area contributed by atoms with Crippen LogP contribution in [0.4, 0.5) is 0 Å². The van der Waals surface area contributed by atoms with Gasteiger partial charge in [0, 0.05) is 6.42 Å². The van der Waals surface area contributed by atoms with Crippen LogP contribution in [0.3, 0.4) is 0 Å². The van der Waals surface area contributed by atoms with Crippen molar-refractivity contribution in [2.45, 2.75) is 32.6 Å². The van der Waals surface area contributed by atoms with Crippen molar-refractivity contribution in [3.8, 4) is 0 Å². The Morgan fingerprint density at radius 3 is 2.58 bits per heavy atom. The Bertz CT molecular complexity index is 282. The molecule has 1 heterocycles. The van der Waals surface area contributed by atoms with E-state index < -0.39 is 5.82 Å². The normalized spacial score (nSPS) is 10.5. The molecule has 0 aliphatic carbocycles. The number of aryl methyl sites for hydroxylation is 2. The summed E-state index contributed by atoms with van der Waals surface area (Å²) in [6.45, 7) is 5.47. The van der Waals surface area contributed by atoms with Gasteiger partial charge in [-0.25, -0.2) is 4.79 Å². The van der Waals surface area contributed by atoms with Crippen molar-refractivity contribution in [2.24, 2.45) is 0 Å². The maximum atomic E-state index is 10.6. The van der Waals surface area contributed by atoms with Crippen molar-refractivity contribution >= 4 is 0 Å². The van der Waals surface area contributed by atoms with Crippen LogP contribution in [-0.4, -0.2) is 0 Å². The molecule has 0 saturated heterocycles. The van der Waals surface area contributed by atoms with Crippen molar-refractivity contribution in [1.29, 1.82) is 0 Å². The zero-order valence-corrected chi connectivity index (χ0v) is 7.26. The second-order valence-electron chi connectivity index (χ2n) is 2.74. The number of hydrogen-bond acceptors (Lipinski definition) is 3. The summed E-state index contributed by atoms with van der Waals surface area (Å²) in [6, 6.07) is 0. The van der Waals surface area contributed by atoms with Gasteiger partial charge in [-0.15, -0.1) is 0 Å². The molecule has 67 valence electrons. The number of hydrogen-bond donors (Lipinski definition) is 0. The van der Waals surface area contributed by atoms with Crippen LogP contribution in [0.2, 0.25) is 0 Å². The van der Waals surface area contributed by atoms with Gasteiger partial charge in [-0.3, -0.25) is 0 Å². The molecule has 1 radical (unpaired) electrons. The van der Waals surface area contributed by atoms with Crippen molar-refractivity contribution < 1.29 is 8.83 Å². The highest BCUT2D eigenvalue weighted by Crippen LogP contribution is 2.09. The van der Waals surface area contributed by atoms with Crippen molar-refractivity contribution in [3.63, 3.8) is 0 Å². The fraction of sp³-hybridized carbons (Fsp3) is 0.556. The minimum Gasteiger partial charge on any atom is -0.396 e. The van der Waals surface area contributed by atoms with Crippen LogP contribution in [0.1, 0.15) is 30.8 Å². The average molecular weight is 169 g/mol. The van der Waals surface area contributed by atoms with Crippen molar-refractivity contribution in [3.05, 3.63) is 29.1 Å². The van der Waals surface area contributed by atoms with Crippen LogP contribution in [0.5, 0.6) is 0 Å². The Morgan fingerprint density at radius 2 is 2.08 bits per heavy atom.